The van der Waals surface area contributed by atoms with Crippen molar-refractivity contribution >= 4 is 33.8 Å². The molecule has 1 saturated carbocycles. The molecule has 2 aliphatic carbocycles. The maximum absolute atomic E-state index is 12.9. The summed E-state index contributed by atoms with van der Waals surface area (Å²) in [5.41, 5.74) is 1.36. The molecule has 4 rings (SSSR count). The highest BCUT2D eigenvalue weighted by atomic mass is 32.1. The Labute approximate surface area is 120 Å². The van der Waals surface area contributed by atoms with Crippen LogP contribution in [0.2, 0.25) is 0 Å². The molecule has 2 heterocycles. The van der Waals surface area contributed by atoms with Gasteiger partial charge in [0.2, 0.25) is 0 Å². The van der Waals surface area contributed by atoms with E-state index in [-0.39, 0.29) is 11.1 Å². The Hall–Kier alpha value is -0.940. The van der Waals surface area contributed by atoms with Gasteiger partial charge in [0, 0.05) is 10.4 Å². The van der Waals surface area contributed by atoms with Crippen LogP contribution >= 0.6 is 23.6 Å². The van der Waals surface area contributed by atoms with Gasteiger partial charge in [0.05, 0.1) is 5.39 Å². The van der Waals surface area contributed by atoms with E-state index in [2.05, 4.69) is 11.9 Å². The lowest BCUT2D eigenvalue weighted by Crippen LogP contribution is -2.44. The Kier molecular flexibility index (Phi) is 2.37. The van der Waals surface area contributed by atoms with Crippen molar-refractivity contribution in [3.63, 3.8) is 0 Å². The molecule has 2 aliphatic rings. The highest BCUT2D eigenvalue weighted by Gasteiger charge is 2.36. The number of hydrogen-bond acceptors (Lipinski definition) is 3. The predicted molar refractivity (Wildman–Crippen MR) is 80.8 cm³/mol. The SMILES string of the molecule is CC1(n2c(=S)[nH]c3sc4c(c3c2=O)CCC4)CCC1. The van der Waals surface area contributed by atoms with Gasteiger partial charge in [-0.25, -0.2) is 0 Å². The van der Waals surface area contributed by atoms with Gasteiger partial charge in [-0.3, -0.25) is 9.36 Å². The number of aromatic nitrogens is 2. The molecular formula is C14H16N2OS2. The summed E-state index contributed by atoms with van der Waals surface area (Å²) < 4.78 is 2.44. The van der Waals surface area contributed by atoms with Crippen molar-refractivity contribution in [1.82, 2.24) is 9.55 Å². The van der Waals surface area contributed by atoms with Crippen LogP contribution in [0.5, 0.6) is 0 Å². The van der Waals surface area contributed by atoms with Gasteiger partial charge in [-0.15, -0.1) is 11.3 Å². The van der Waals surface area contributed by atoms with Crippen LogP contribution in [0.15, 0.2) is 4.79 Å². The van der Waals surface area contributed by atoms with Gasteiger partial charge in [0.25, 0.3) is 5.56 Å². The molecule has 1 fully saturated rings. The van der Waals surface area contributed by atoms with Gasteiger partial charge >= 0.3 is 0 Å². The minimum Gasteiger partial charge on any atom is -0.323 e. The summed E-state index contributed by atoms with van der Waals surface area (Å²) in [5.74, 6) is 0. The van der Waals surface area contributed by atoms with Crippen LogP contribution in [0.25, 0.3) is 10.2 Å². The summed E-state index contributed by atoms with van der Waals surface area (Å²) >= 11 is 7.16. The topological polar surface area (TPSA) is 37.8 Å². The van der Waals surface area contributed by atoms with Crippen LogP contribution in [-0.2, 0) is 18.4 Å². The second-order valence-electron chi connectivity index (χ2n) is 5.98. The fraction of sp³-hybridized carbons (Fsp3) is 0.571. The van der Waals surface area contributed by atoms with Crippen molar-refractivity contribution in [3.05, 3.63) is 25.6 Å². The second kappa shape index (κ2) is 3.79. The molecule has 2 aromatic heterocycles. The number of aromatic amines is 1. The third kappa shape index (κ3) is 1.48. The number of rotatable bonds is 1. The molecule has 0 unspecified atom stereocenters. The zero-order chi connectivity index (χ0) is 13.2. The van der Waals surface area contributed by atoms with Crippen molar-refractivity contribution in [2.24, 2.45) is 0 Å². The van der Waals surface area contributed by atoms with Crippen LogP contribution in [0, 0.1) is 4.77 Å². The molecule has 0 amide bonds. The smallest absolute Gasteiger partial charge is 0.263 e. The third-order valence-electron chi connectivity index (χ3n) is 4.73. The maximum Gasteiger partial charge on any atom is 0.263 e. The zero-order valence-electron chi connectivity index (χ0n) is 10.9. The molecule has 0 saturated heterocycles. The van der Waals surface area contributed by atoms with Crippen molar-refractivity contribution < 1.29 is 0 Å². The molecular weight excluding hydrogens is 276 g/mol. The number of aryl methyl sites for hydroxylation is 2. The number of nitrogens with one attached hydrogen (secondary N) is 1. The van der Waals surface area contributed by atoms with E-state index in [1.54, 1.807) is 11.3 Å². The molecule has 5 heteroatoms. The average molecular weight is 292 g/mol. The van der Waals surface area contributed by atoms with Crippen LogP contribution in [0.4, 0.5) is 0 Å². The highest BCUT2D eigenvalue weighted by molar-refractivity contribution is 7.71. The highest BCUT2D eigenvalue weighted by Crippen LogP contribution is 2.39. The summed E-state index contributed by atoms with van der Waals surface area (Å²) in [6.07, 6.45) is 6.66. The van der Waals surface area contributed by atoms with Crippen molar-refractivity contribution in [1.29, 1.82) is 0 Å². The van der Waals surface area contributed by atoms with Crippen LogP contribution < -0.4 is 5.56 Å². The Morgan fingerprint density at radius 1 is 1.32 bits per heavy atom. The summed E-state index contributed by atoms with van der Waals surface area (Å²) in [6.45, 7) is 2.15. The molecule has 19 heavy (non-hydrogen) atoms. The number of hydrogen-bond donors (Lipinski definition) is 1. The number of fused-ring (bicyclic) bond motifs is 3. The molecule has 0 radical (unpaired) electrons. The first-order valence-electron chi connectivity index (χ1n) is 6.90. The summed E-state index contributed by atoms with van der Waals surface area (Å²) in [4.78, 5) is 18.6. The summed E-state index contributed by atoms with van der Waals surface area (Å²) in [6, 6.07) is 0. The normalized spacial score (nSPS) is 20.5. The number of thiophene rings is 1. The minimum atomic E-state index is -0.0632. The molecule has 2 aromatic rings. The molecule has 0 spiro atoms. The molecule has 1 N–H and O–H groups in total. The standard InChI is InChI=1S/C14H16N2OS2/c1-14(6-3-7-14)16-12(17)10-8-4-2-5-9(8)19-11(10)15-13(16)18/h2-7H2,1H3,(H,15,18). The van der Waals surface area contributed by atoms with E-state index < -0.39 is 0 Å². The first-order chi connectivity index (χ1) is 9.10. The summed E-state index contributed by atoms with van der Waals surface area (Å²) in [5, 5.41) is 0.916. The van der Waals surface area contributed by atoms with Crippen molar-refractivity contribution in [2.45, 2.75) is 51.0 Å². The molecule has 100 valence electrons. The lowest BCUT2D eigenvalue weighted by molar-refractivity contribution is 0.160. The lowest BCUT2D eigenvalue weighted by atomic mass is 9.78. The molecule has 0 bridgehead atoms. The molecule has 0 aliphatic heterocycles. The fourth-order valence-corrected chi connectivity index (χ4v) is 5.23. The average Bonchev–Trinajstić information content (AvgIpc) is 2.85. The quantitative estimate of drug-likeness (QED) is 0.817. The number of nitrogens with zero attached hydrogens (tertiary/aromatic N) is 1. The monoisotopic (exact) mass is 292 g/mol. The van der Waals surface area contributed by atoms with E-state index in [0.717, 1.165) is 35.9 Å². The van der Waals surface area contributed by atoms with Gasteiger partial charge in [0.1, 0.15) is 4.83 Å². The Balaban J connectivity index is 2.10. The van der Waals surface area contributed by atoms with Crippen molar-refractivity contribution in [3.8, 4) is 0 Å². The second-order valence-corrected chi connectivity index (χ2v) is 7.47. The third-order valence-corrected chi connectivity index (χ3v) is 6.22. The predicted octanol–water partition coefficient (Wildman–Crippen LogP) is 3.51. The van der Waals surface area contributed by atoms with Gasteiger partial charge in [-0.05, 0) is 63.2 Å². The Morgan fingerprint density at radius 3 is 2.79 bits per heavy atom. The Morgan fingerprint density at radius 2 is 2.11 bits per heavy atom. The number of H-pyrrole nitrogens is 1. The largest absolute Gasteiger partial charge is 0.323 e. The van der Waals surface area contributed by atoms with Gasteiger partial charge < -0.3 is 4.98 Å². The molecule has 3 nitrogen and oxygen atoms in total. The van der Waals surface area contributed by atoms with E-state index >= 15 is 0 Å². The minimum absolute atomic E-state index is 0.0632. The summed E-state index contributed by atoms with van der Waals surface area (Å²) in [7, 11) is 0. The van der Waals surface area contributed by atoms with Crippen LogP contribution in [0.1, 0.15) is 43.0 Å². The van der Waals surface area contributed by atoms with Gasteiger partial charge in [-0.1, -0.05) is 0 Å². The first-order valence-corrected chi connectivity index (χ1v) is 8.13. The van der Waals surface area contributed by atoms with Crippen molar-refractivity contribution in [2.75, 3.05) is 0 Å². The van der Waals surface area contributed by atoms with E-state index in [9.17, 15) is 4.79 Å². The van der Waals surface area contributed by atoms with Crippen LogP contribution in [0.3, 0.4) is 0 Å². The first kappa shape index (κ1) is 11.9. The van der Waals surface area contributed by atoms with E-state index in [1.165, 1.54) is 23.3 Å². The zero-order valence-corrected chi connectivity index (χ0v) is 12.5. The van der Waals surface area contributed by atoms with Gasteiger partial charge in [-0.2, -0.15) is 0 Å². The molecule has 0 atom stereocenters. The van der Waals surface area contributed by atoms with Gasteiger partial charge in [0.15, 0.2) is 4.77 Å². The Bertz CT molecular complexity index is 792. The maximum atomic E-state index is 12.9. The lowest BCUT2D eigenvalue weighted by Gasteiger charge is -2.39. The van der Waals surface area contributed by atoms with Crippen LogP contribution in [-0.4, -0.2) is 9.55 Å². The van der Waals surface area contributed by atoms with E-state index in [0.29, 0.717) is 4.77 Å². The fourth-order valence-electron chi connectivity index (χ4n) is 3.48. The molecule has 0 aromatic carbocycles. The van der Waals surface area contributed by atoms with E-state index in [1.807, 2.05) is 4.57 Å². The van der Waals surface area contributed by atoms with E-state index in [4.69, 9.17) is 12.2 Å².